The van der Waals surface area contributed by atoms with Crippen LogP contribution < -0.4 is 11.1 Å². The van der Waals surface area contributed by atoms with Gasteiger partial charge in [0.15, 0.2) is 0 Å². The molecule has 2 aromatic heterocycles. The van der Waals surface area contributed by atoms with E-state index in [0.717, 1.165) is 36.4 Å². The van der Waals surface area contributed by atoms with Crippen LogP contribution in [-0.4, -0.2) is 33.6 Å². The first-order valence-electron chi connectivity index (χ1n) is 8.13. The number of pyridine rings is 1. The molecule has 0 spiro atoms. The Hall–Kier alpha value is -0.950. The number of thioether (sulfide) groups is 1. The van der Waals surface area contributed by atoms with Crippen LogP contribution in [0.3, 0.4) is 0 Å². The molecule has 1 atom stereocenters. The summed E-state index contributed by atoms with van der Waals surface area (Å²) >= 11 is 1.58. The minimum absolute atomic E-state index is 0. The number of imidazole rings is 1. The van der Waals surface area contributed by atoms with E-state index in [4.69, 9.17) is 5.73 Å². The largest absolute Gasteiger partial charge is 0.351 e. The van der Waals surface area contributed by atoms with E-state index in [1.165, 1.54) is 5.56 Å². The Morgan fingerprint density at radius 1 is 1.36 bits per heavy atom. The fraction of sp³-hybridized carbons (Fsp3) is 0.529. The maximum atomic E-state index is 12.0. The Bertz CT molecular complexity index is 651. The first kappa shape index (κ1) is 24.1. The number of aryl methyl sites for hydroxylation is 1. The number of nitrogens with two attached hydrogens (primary N) is 1. The number of rotatable bonds is 9. The Morgan fingerprint density at radius 3 is 2.80 bits per heavy atom. The molecule has 0 fully saturated rings. The third-order valence-corrected chi connectivity index (χ3v) is 4.65. The second-order valence-corrected chi connectivity index (χ2v) is 6.82. The summed E-state index contributed by atoms with van der Waals surface area (Å²) in [6.45, 7) is 4.70. The van der Waals surface area contributed by atoms with E-state index >= 15 is 0 Å². The van der Waals surface area contributed by atoms with Crippen molar-refractivity contribution >= 4 is 48.1 Å². The molecule has 0 bridgehead atoms. The SMILES string of the molecule is CCCCC(CN)NC(=O)CSCc1cn2cc(C)ccc2n1.Cl.Cl. The number of hydrogen-bond donors (Lipinski definition) is 2. The van der Waals surface area contributed by atoms with Gasteiger partial charge in [0.05, 0.1) is 11.4 Å². The number of hydrogen-bond acceptors (Lipinski definition) is 4. The van der Waals surface area contributed by atoms with Gasteiger partial charge in [-0.05, 0) is 25.0 Å². The number of carbonyl (C=O) groups is 1. The highest BCUT2D eigenvalue weighted by molar-refractivity contribution is 7.99. The van der Waals surface area contributed by atoms with Crippen LogP contribution in [0.2, 0.25) is 0 Å². The van der Waals surface area contributed by atoms with Crippen molar-refractivity contribution in [1.82, 2.24) is 14.7 Å². The zero-order chi connectivity index (χ0) is 16.7. The highest BCUT2D eigenvalue weighted by Gasteiger charge is 2.10. The number of unbranched alkanes of at least 4 members (excludes halogenated alkanes) is 1. The second kappa shape index (κ2) is 12.4. The zero-order valence-electron chi connectivity index (χ0n) is 14.7. The van der Waals surface area contributed by atoms with Crippen molar-refractivity contribution in [2.24, 2.45) is 5.73 Å². The number of nitrogens with one attached hydrogen (secondary N) is 1. The van der Waals surface area contributed by atoms with Gasteiger partial charge >= 0.3 is 0 Å². The highest BCUT2D eigenvalue weighted by atomic mass is 35.5. The van der Waals surface area contributed by atoms with Gasteiger partial charge in [-0.1, -0.05) is 25.8 Å². The maximum absolute atomic E-state index is 12.0. The van der Waals surface area contributed by atoms with E-state index in [0.29, 0.717) is 12.3 Å². The van der Waals surface area contributed by atoms with Gasteiger partial charge in [-0.15, -0.1) is 36.6 Å². The summed E-state index contributed by atoms with van der Waals surface area (Å²) in [5.41, 5.74) is 8.84. The molecule has 0 saturated heterocycles. The van der Waals surface area contributed by atoms with E-state index in [-0.39, 0.29) is 36.8 Å². The third kappa shape index (κ3) is 7.86. The summed E-state index contributed by atoms with van der Waals surface area (Å²) in [6, 6.07) is 4.16. The number of aromatic nitrogens is 2. The van der Waals surface area contributed by atoms with E-state index < -0.39 is 0 Å². The average Bonchev–Trinajstić information content (AvgIpc) is 2.93. The van der Waals surface area contributed by atoms with Crippen molar-refractivity contribution in [2.75, 3.05) is 12.3 Å². The van der Waals surface area contributed by atoms with Gasteiger partial charge in [-0.2, -0.15) is 0 Å². The summed E-state index contributed by atoms with van der Waals surface area (Å²) < 4.78 is 2.03. The van der Waals surface area contributed by atoms with Crippen molar-refractivity contribution < 1.29 is 4.79 Å². The first-order valence-corrected chi connectivity index (χ1v) is 9.29. The second-order valence-electron chi connectivity index (χ2n) is 5.84. The molecule has 2 heterocycles. The van der Waals surface area contributed by atoms with Crippen LogP contribution in [0.1, 0.15) is 37.4 Å². The molecule has 1 amide bonds. The van der Waals surface area contributed by atoms with Crippen molar-refractivity contribution in [3.05, 3.63) is 35.8 Å². The predicted molar refractivity (Wildman–Crippen MR) is 111 cm³/mol. The molecule has 0 radical (unpaired) electrons. The Kier molecular flexibility index (Phi) is 11.9. The fourth-order valence-electron chi connectivity index (χ4n) is 2.44. The summed E-state index contributed by atoms with van der Waals surface area (Å²) in [6.07, 6.45) is 7.25. The van der Waals surface area contributed by atoms with Gasteiger partial charge in [0.2, 0.25) is 5.91 Å². The van der Waals surface area contributed by atoms with Crippen molar-refractivity contribution in [2.45, 2.75) is 44.9 Å². The fourth-order valence-corrected chi connectivity index (χ4v) is 3.16. The molecule has 0 aliphatic carbocycles. The lowest BCUT2D eigenvalue weighted by molar-refractivity contribution is -0.119. The molecule has 3 N–H and O–H groups in total. The Balaban J connectivity index is 0.00000288. The quantitative estimate of drug-likeness (QED) is 0.669. The third-order valence-electron chi connectivity index (χ3n) is 3.69. The average molecular weight is 407 g/mol. The van der Waals surface area contributed by atoms with E-state index in [2.05, 4.69) is 36.4 Å². The number of amides is 1. The van der Waals surface area contributed by atoms with Gasteiger partial charge < -0.3 is 15.5 Å². The summed E-state index contributed by atoms with van der Waals surface area (Å²) in [5, 5.41) is 3.01. The Morgan fingerprint density at radius 2 is 2.12 bits per heavy atom. The maximum Gasteiger partial charge on any atom is 0.230 e. The van der Waals surface area contributed by atoms with Crippen LogP contribution in [0.15, 0.2) is 24.5 Å². The lowest BCUT2D eigenvalue weighted by Crippen LogP contribution is -2.41. The van der Waals surface area contributed by atoms with Crippen LogP contribution in [0.4, 0.5) is 0 Å². The van der Waals surface area contributed by atoms with Crippen LogP contribution in [0.5, 0.6) is 0 Å². The molecule has 5 nitrogen and oxygen atoms in total. The van der Waals surface area contributed by atoms with Gasteiger partial charge in [0.25, 0.3) is 0 Å². The van der Waals surface area contributed by atoms with E-state index in [9.17, 15) is 4.79 Å². The van der Waals surface area contributed by atoms with E-state index in [1.54, 1.807) is 11.8 Å². The number of fused-ring (bicyclic) bond motifs is 1. The molecule has 2 aromatic rings. The zero-order valence-corrected chi connectivity index (χ0v) is 17.2. The Labute approximate surface area is 166 Å². The lowest BCUT2D eigenvalue weighted by atomic mass is 10.1. The smallest absolute Gasteiger partial charge is 0.230 e. The lowest BCUT2D eigenvalue weighted by Gasteiger charge is -2.16. The molecule has 25 heavy (non-hydrogen) atoms. The van der Waals surface area contributed by atoms with Gasteiger partial charge in [0, 0.05) is 30.7 Å². The minimum atomic E-state index is 0. The first-order chi connectivity index (χ1) is 11.1. The number of halogens is 2. The van der Waals surface area contributed by atoms with Gasteiger partial charge in [-0.3, -0.25) is 4.79 Å². The van der Waals surface area contributed by atoms with Crippen molar-refractivity contribution in [3.63, 3.8) is 0 Å². The van der Waals surface area contributed by atoms with Crippen LogP contribution in [-0.2, 0) is 10.5 Å². The van der Waals surface area contributed by atoms with Crippen molar-refractivity contribution in [3.8, 4) is 0 Å². The molecular weight excluding hydrogens is 379 g/mol. The highest BCUT2D eigenvalue weighted by Crippen LogP contribution is 2.13. The molecule has 1 unspecified atom stereocenters. The standard InChI is InChI=1S/C17H26N4OS.2ClH/c1-3-4-5-14(8-18)20-17(22)12-23-11-15-10-21-9-13(2)6-7-16(21)19-15;;/h6-7,9-10,14H,3-5,8,11-12,18H2,1-2H3,(H,20,22);2*1H. The number of nitrogens with zero attached hydrogens (tertiary/aromatic N) is 2. The molecule has 142 valence electrons. The minimum Gasteiger partial charge on any atom is -0.351 e. The van der Waals surface area contributed by atoms with Crippen LogP contribution in [0, 0.1) is 6.92 Å². The summed E-state index contributed by atoms with van der Waals surface area (Å²) in [5.74, 6) is 1.23. The van der Waals surface area contributed by atoms with Gasteiger partial charge in [0.1, 0.15) is 5.65 Å². The summed E-state index contributed by atoms with van der Waals surface area (Å²) in [7, 11) is 0. The number of carbonyl (C=O) groups excluding carboxylic acids is 1. The summed E-state index contributed by atoms with van der Waals surface area (Å²) in [4.78, 5) is 16.5. The van der Waals surface area contributed by atoms with Crippen LogP contribution >= 0.6 is 36.6 Å². The van der Waals surface area contributed by atoms with Gasteiger partial charge in [-0.25, -0.2) is 4.98 Å². The molecule has 2 rings (SSSR count). The van der Waals surface area contributed by atoms with Crippen molar-refractivity contribution in [1.29, 1.82) is 0 Å². The topological polar surface area (TPSA) is 72.4 Å². The normalized spacial score (nSPS) is 11.5. The molecule has 0 aliphatic rings. The van der Waals surface area contributed by atoms with E-state index in [1.807, 2.05) is 16.7 Å². The monoisotopic (exact) mass is 406 g/mol. The molecule has 0 aliphatic heterocycles. The molecular formula is C17H28Cl2N4OS. The predicted octanol–water partition coefficient (Wildman–Crippen LogP) is 3.35. The molecule has 8 heteroatoms. The van der Waals surface area contributed by atoms with Crippen LogP contribution in [0.25, 0.3) is 5.65 Å². The molecule has 0 aromatic carbocycles. The molecule has 0 saturated carbocycles.